The maximum atomic E-state index is 6.20. The van der Waals surface area contributed by atoms with Gasteiger partial charge in [-0.05, 0) is 31.2 Å². The van der Waals surface area contributed by atoms with Gasteiger partial charge in [0, 0.05) is 11.0 Å². The molecular formula is C14H14BrCl2N3O. The predicted molar refractivity (Wildman–Crippen MR) is 92.4 cm³/mol. The third-order valence-corrected chi connectivity index (χ3v) is 3.76. The number of ether oxygens (including phenoxy) is 1. The molecule has 21 heavy (non-hydrogen) atoms. The van der Waals surface area contributed by atoms with Crippen molar-refractivity contribution in [3.63, 3.8) is 0 Å². The summed E-state index contributed by atoms with van der Waals surface area (Å²) in [5.74, 6) is 1.78. The average Bonchev–Trinajstić information content (AvgIpc) is 2.44. The van der Waals surface area contributed by atoms with Crippen LogP contribution in [0.4, 0.5) is 17.3 Å². The zero-order valence-corrected chi connectivity index (χ0v) is 14.6. The molecule has 4 nitrogen and oxygen atoms in total. The number of nitrogens with zero attached hydrogens (tertiary/aromatic N) is 1. The Bertz CT molecular complexity index is 652. The van der Waals surface area contributed by atoms with Gasteiger partial charge >= 0.3 is 0 Å². The molecule has 0 bridgehead atoms. The van der Waals surface area contributed by atoms with Gasteiger partial charge in [-0.25, -0.2) is 4.98 Å². The van der Waals surface area contributed by atoms with Gasteiger partial charge in [-0.3, -0.25) is 0 Å². The van der Waals surface area contributed by atoms with Crippen LogP contribution in [0.25, 0.3) is 0 Å². The van der Waals surface area contributed by atoms with Crippen LogP contribution in [0.2, 0.25) is 10.0 Å². The second kappa shape index (κ2) is 7.20. The van der Waals surface area contributed by atoms with Crippen LogP contribution in [-0.4, -0.2) is 18.6 Å². The molecule has 7 heteroatoms. The normalized spacial score (nSPS) is 10.3. The Morgan fingerprint density at radius 1 is 1.19 bits per heavy atom. The molecule has 112 valence electrons. The number of rotatable bonds is 5. The first-order valence-corrected chi connectivity index (χ1v) is 7.80. The van der Waals surface area contributed by atoms with E-state index in [0.29, 0.717) is 34.0 Å². The van der Waals surface area contributed by atoms with Crippen molar-refractivity contribution < 1.29 is 4.74 Å². The summed E-state index contributed by atoms with van der Waals surface area (Å²) in [6.07, 6.45) is 0. The zero-order valence-electron chi connectivity index (χ0n) is 11.5. The van der Waals surface area contributed by atoms with Crippen molar-refractivity contribution >= 4 is 56.5 Å². The van der Waals surface area contributed by atoms with E-state index in [9.17, 15) is 0 Å². The summed E-state index contributed by atoms with van der Waals surface area (Å²) in [6.45, 7) is 2.69. The highest BCUT2D eigenvalue weighted by molar-refractivity contribution is 9.10. The monoisotopic (exact) mass is 389 g/mol. The summed E-state index contributed by atoms with van der Waals surface area (Å²) in [5.41, 5.74) is 0.756. The van der Waals surface area contributed by atoms with Crippen molar-refractivity contribution in [2.75, 3.05) is 24.3 Å². The van der Waals surface area contributed by atoms with Gasteiger partial charge in [0.15, 0.2) is 5.82 Å². The number of methoxy groups -OCH3 is 1. The molecule has 1 aromatic heterocycles. The molecule has 0 fully saturated rings. The lowest BCUT2D eigenvalue weighted by Gasteiger charge is -2.14. The number of hydrogen-bond acceptors (Lipinski definition) is 4. The number of halogens is 3. The van der Waals surface area contributed by atoms with Crippen molar-refractivity contribution in [3.05, 3.63) is 38.8 Å². The molecular weight excluding hydrogens is 377 g/mol. The van der Waals surface area contributed by atoms with E-state index in [0.717, 1.165) is 10.2 Å². The Hall–Kier alpha value is -1.17. The van der Waals surface area contributed by atoms with Crippen LogP contribution in [0.1, 0.15) is 6.92 Å². The van der Waals surface area contributed by atoms with Crippen molar-refractivity contribution in [1.29, 1.82) is 0 Å². The minimum absolute atomic E-state index is 0.434. The van der Waals surface area contributed by atoms with Gasteiger partial charge in [-0.2, -0.15) is 0 Å². The molecule has 0 saturated carbocycles. The van der Waals surface area contributed by atoms with Crippen LogP contribution in [0.5, 0.6) is 5.75 Å². The molecule has 0 unspecified atom stereocenters. The zero-order chi connectivity index (χ0) is 15.4. The minimum Gasteiger partial charge on any atom is -0.495 e. The molecule has 2 aromatic rings. The molecule has 1 heterocycles. The van der Waals surface area contributed by atoms with Crippen LogP contribution in [0, 0.1) is 0 Å². The van der Waals surface area contributed by atoms with Gasteiger partial charge in [0.25, 0.3) is 0 Å². The lowest BCUT2D eigenvalue weighted by atomic mass is 10.3. The molecule has 0 atom stereocenters. The summed E-state index contributed by atoms with van der Waals surface area (Å²) in [5, 5.41) is 7.16. The van der Waals surface area contributed by atoms with E-state index < -0.39 is 0 Å². The number of benzene rings is 1. The summed E-state index contributed by atoms with van der Waals surface area (Å²) < 4.78 is 6.24. The lowest BCUT2D eigenvalue weighted by molar-refractivity contribution is 0.416. The maximum Gasteiger partial charge on any atom is 0.151 e. The Kier molecular flexibility index (Phi) is 5.56. The highest BCUT2D eigenvalue weighted by Gasteiger charge is 2.11. The third kappa shape index (κ3) is 3.93. The molecule has 0 aliphatic heterocycles. The van der Waals surface area contributed by atoms with E-state index in [1.165, 1.54) is 0 Å². The number of aromatic nitrogens is 1. The van der Waals surface area contributed by atoms with Crippen LogP contribution in [0.15, 0.2) is 28.7 Å². The Morgan fingerprint density at radius 2 is 1.90 bits per heavy atom. The number of anilines is 3. The number of nitrogens with one attached hydrogen (secondary N) is 2. The van der Waals surface area contributed by atoms with E-state index in [-0.39, 0.29) is 0 Å². The summed E-state index contributed by atoms with van der Waals surface area (Å²) in [7, 11) is 1.61. The Labute approximate surface area is 141 Å². The molecule has 0 radical (unpaired) electrons. The first kappa shape index (κ1) is 16.2. The molecule has 0 saturated heterocycles. The fraction of sp³-hybridized carbons (Fsp3) is 0.214. The second-order valence-electron chi connectivity index (χ2n) is 4.15. The molecule has 2 N–H and O–H groups in total. The van der Waals surface area contributed by atoms with Gasteiger partial charge in [-0.1, -0.05) is 39.1 Å². The summed E-state index contributed by atoms with van der Waals surface area (Å²) >= 11 is 15.7. The van der Waals surface area contributed by atoms with Gasteiger partial charge in [0.1, 0.15) is 11.6 Å². The Morgan fingerprint density at radius 3 is 2.57 bits per heavy atom. The smallest absolute Gasteiger partial charge is 0.151 e. The molecule has 0 aliphatic carbocycles. The van der Waals surface area contributed by atoms with Gasteiger partial charge < -0.3 is 15.4 Å². The number of hydrogen-bond donors (Lipinski definition) is 2. The fourth-order valence-electron chi connectivity index (χ4n) is 1.75. The first-order valence-electron chi connectivity index (χ1n) is 6.25. The van der Waals surface area contributed by atoms with E-state index >= 15 is 0 Å². The van der Waals surface area contributed by atoms with Crippen LogP contribution in [0.3, 0.4) is 0 Å². The highest BCUT2D eigenvalue weighted by Crippen LogP contribution is 2.35. The van der Waals surface area contributed by atoms with Gasteiger partial charge in [-0.15, -0.1) is 0 Å². The average molecular weight is 391 g/mol. The topological polar surface area (TPSA) is 46.2 Å². The van der Waals surface area contributed by atoms with E-state index in [1.807, 2.05) is 25.1 Å². The van der Waals surface area contributed by atoms with E-state index in [4.69, 9.17) is 27.9 Å². The van der Waals surface area contributed by atoms with Crippen LogP contribution < -0.4 is 15.4 Å². The molecule has 0 spiro atoms. The molecule has 0 aliphatic rings. The summed E-state index contributed by atoms with van der Waals surface area (Å²) in [6, 6.07) is 7.28. The molecule has 0 amide bonds. The van der Waals surface area contributed by atoms with Gasteiger partial charge in [0.05, 0.1) is 22.8 Å². The highest BCUT2D eigenvalue weighted by atomic mass is 79.9. The quantitative estimate of drug-likeness (QED) is 0.723. The fourth-order valence-corrected chi connectivity index (χ4v) is 2.58. The minimum atomic E-state index is 0.434. The molecule has 1 aromatic carbocycles. The second-order valence-corrected chi connectivity index (χ2v) is 5.88. The Balaban J connectivity index is 2.39. The van der Waals surface area contributed by atoms with Crippen molar-refractivity contribution in [2.45, 2.75) is 6.92 Å². The lowest BCUT2D eigenvalue weighted by Crippen LogP contribution is -2.03. The SMILES string of the molecule is CCNc1nc(Nc2cc(Br)ccc2OC)c(Cl)cc1Cl. The largest absolute Gasteiger partial charge is 0.495 e. The first-order chi connectivity index (χ1) is 10.0. The van der Waals surface area contributed by atoms with Crippen LogP contribution >= 0.6 is 39.1 Å². The van der Waals surface area contributed by atoms with E-state index in [1.54, 1.807) is 13.2 Å². The number of pyridine rings is 1. The predicted octanol–water partition coefficient (Wildman–Crippen LogP) is 5.33. The van der Waals surface area contributed by atoms with Crippen LogP contribution in [-0.2, 0) is 0 Å². The molecule has 2 rings (SSSR count). The third-order valence-electron chi connectivity index (χ3n) is 2.69. The summed E-state index contributed by atoms with van der Waals surface area (Å²) in [4.78, 5) is 4.40. The van der Waals surface area contributed by atoms with Crippen molar-refractivity contribution in [3.8, 4) is 5.75 Å². The van der Waals surface area contributed by atoms with Crippen molar-refractivity contribution in [2.24, 2.45) is 0 Å². The van der Waals surface area contributed by atoms with Crippen molar-refractivity contribution in [1.82, 2.24) is 4.98 Å². The van der Waals surface area contributed by atoms with E-state index in [2.05, 4.69) is 31.5 Å². The standard InChI is InChI=1S/C14H14BrCl2N3O/c1-3-18-13-9(16)7-10(17)14(20-13)19-11-6-8(15)4-5-12(11)21-2/h4-7H,3H2,1-2H3,(H2,18,19,20). The maximum absolute atomic E-state index is 6.20. The van der Waals surface area contributed by atoms with Gasteiger partial charge in [0.2, 0.25) is 0 Å².